The molecule has 3 fully saturated rings. The zero-order valence-corrected chi connectivity index (χ0v) is 20.5. The highest BCUT2D eigenvalue weighted by Crippen LogP contribution is 2.62. The molecule has 3 saturated carbocycles. The zero-order chi connectivity index (χ0) is 27.5. The second kappa shape index (κ2) is 9.41. The van der Waals surface area contributed by atoms with Crippen molar-refractivity contribution in [1.82, 2.24) is 19.9 Å². The lowest BCUT2D eigenvalue weighted by Crippen LogP contribution is -2.39. The van der Waals surface area contributed by atoms with E-state index >= 15 is 0 Å². The maximum atomic E-state index is 14.7. The number of carbonyl (C=O) groups excluding carboxylic acids is 2. The van der Waals surface area contributed by atoms with Gasteiger partial charge in [0.1, 0.15) is 6.17 Å². The first-order chi connectivity index (χ1) is 17.8. The second-order valence-corrected chi connectivity index (χ2v) is 11.0. The molecule has 2 heterocycles. The predicted molar refractivity (Wildman–Crippen MR) is 123 cm³/mol. The SMILES string of the molecule is NC(=O)C1([C@@H](c2cn3ncc([C@H](NC(=O)CCC(F)(F)F)C4CC4)cc3n2)C2CCC(F)(F)CC2)CC1F. The lowest BCUT2D eigenvalue weighted by Gasteiger charge is -2.36. The van der Waals surface area contributed by atoms with Crippen molar-refractivity contribution in [3.05, 3.63) is 29.7 Å². The van der Waals surface area contributed by atoms with Gasteiger partial charge in [0.2, 0.25) is 17.7 Å². The fourth-order valence-electron chi connectivity index (χ4n) is 5.92. The van der Waals surface area contributed by atoms with Crippen molar-refractivity contribution < 1.29 is 35.9 Å². The molecule has 3 aliphatic carbocycles. The fraction of sp³-hybridized carbons (Fsp3) is 0.680. The van der Waals surface area contributed by atoms with Gasteiger partial charge in [0.05, 0.1) is 36.0 Å². The van der Waals surface area contributed by atoms with Crippen LogP contribution in [-0.4, -0.2) is 44.7 Å². The Morgan fingerprint density at radius 2 is 1.82 bits per heavy atom. The van der Waals surface area contributed by atoms with Crippen LogP contribution in [0.25, 0.3) is 5.65 Å². The molecule has 4 atom stereocenters. The van der Waals surface area contributed by atoms with Crippen LogP contribution >= 0.6 is 0 Å². The fourth-order valence-corrected chi connectivity index (χ4v) is 5.92. The maximum absolute atomic E-state index is 14.7. The molecular weight excluding hydrogens is 516 g/mol. The number of aromatic nitrogens is 3. The van der Waals surface area contributed by atoms with Crippen molar-refractivity contribution in [2.45, 2.75) is 88.0 Å². The summed E-state index contributed by atoms with van der Waals surface area (Å²) in [5, 5.41) is 7.01. The van der Waals surface area contributed by atoms with Gasteiger partial charge in [0, 0.05) is 25.2 Å². The Hall–Kier alpha value is -2.86. The van der Waals surface area contributed by atoms with Gasteiger partial charge in [-0.2, -0.15) is 18.3 Å². The van der Waals surface area contributed by atoms with Crippen LogP contribution in [0.4, 0.5) is 26.3 Å². The van der Waals surface area contributed by atoms with Crippen LogP contribution in [0.1, 0.15) is 81.0 Å². The van der Waals surface area contributed by atoms with E-state index in [2.05, 4.69) is 15.4 Å². The summed E-state index contributed by atoms with van der Waals surface area (Å²) in [6, 6.07) is 1.10. The topological polar surface area (TPSA) is 102 Å². The standard InChI is InChI=1S/C25H29F6N5O2/c26-17-10-24(17,22(32)38)20(13-3-6-23(27,28)7-4-13)16-12-36-18(34-16)9-15(11-33-36)21(14-1-2-14)35-19(37)5-8-25(29,30)31/h9,11-14,17,20-21H,1-8,10H2,(H2,32,38)(H,35,37)/t17?,20-,21-,24?/m1/s1. The Kier molecular flexibility index (Phi) is 6.62. The van der Waals surface area contributed by atoms with Crippen molar-refractivity contribution in [3.63, 3.8) is 0 Å². The maximum Gasteiger partial charge on any atom is 0.389 e. The normalized spacial score (nSPS) is 27.2. The summed E-state index contributed by atoms with van der Waals surface area (Å²) in [5.41, 5.74) is 5.34. The number of fused-ring (bicyclic) bond motifs is 1. The average molecular weight is 546 g/mol. The molecule has 208 valence electrons. The lowest BCUT2D eigenvalue weighted by atomic mass is 9.69. The van der Waals surface area contributed by atoms with Gasteiger partial charge in [-0.1, -0.05) is 0 Å². The molecule has 0 bridgehead atoms. The number of hydrogen-bond acceptors (Lipinski definition) is 4. The highest BCUT2D eigenvalue weighted by molar-refractivity contribution is 5.86. The van der Waals surface area contributed by atoms with Crippen LogP contribution in [0.2, 0.25) is 0 Å². The number of primary amides is 1. The number of imidazole rings is 1. The van der Waals surface area contributed by atoms with E-state index in [0.717, 1.165) is 12.8 Å². The molecular formula is C25H29F6N5O2. The first-order valence-corrected chi connectivity index (χ1v) is 12.8. The van der Waals surface area contributed by atoms with E-state index < -0.39 is 66.2 Å². The van der Waals surface area contributed by atoms with Crippen LogP contribution in [0.5, 0.6) is 0 Å². The highest BCUT2D eigenvalue weighted by atomic mass is 19.4. The molecule has 2 aromatic rings. The smallest absolute Gasteiger partial charge is 0.369 e. The zero-order valence-electron chi connectivity index (χ0n) is 20.5. The highest BCUT2D eigenvalue weighted by Gasteiger charge is 2.67. The minimum atomic E-state index is -4.44. The lowest BCUT2D eigenvalue weighted by molar-refractivity contribution is -0.144. The molecule has 3 N–H and O–H groups in total. The third-order valence-electron chi connectivity index (χ3n) is 8.25. The molecule has 0 radical (unpaired) electrons. The molecule has 0 saturated heterocycles. The van der Waals surface area contributed by atoms with Crippen molar-refractivity contribution in [3.8, 4) is 0 Å². The number of halogens is 6. The van der Waals surface area contributed by atoms with Gasteiger partial charge >= 0.3 is 6.18 Å². The van der Waals surface area contributed by atoms with Crippen LogP contribution in [0.15, 0.2) is 18.5 Å². The van der Waals surface area contributed by atoms with Gasteiger partial charge < -0.3 is 11.1 Å². The van der Waals surface area contributed by atoms with E-state index in [9.17, 15) is 35.9 Å². The van der Waals surface area contributed by atoms with E-state index in [1.807, 2.05) is 0 Å². The molecule has 7 nitrogen and oxygen atoms in total. The Labute approximate surface area is 214 Å². The molecule has 38 heavy (non-hydrogen) atoms. The van der Waals surface area contributed by atoms with Gasteiger partial charge in [0.15, 0.2) is 5.65 Å². The molecule has 0 spiro atoms. The van der Waals surface area contributed by atoms with Gasteiger partial charge in [-0.05, 0) is 55.6 Å². The van der Waals surface area contributed by atoms with Gasteiger partial charge in [-0.3, -0.25) is 9.59 Å². The first-order valence-electron chi connectivity index (χ1n) is 12.8. The first kappa shape index (κ1) is 26.7. The van der Waals surface area contributed by atoms with Crippen LogP contribution in [0.3, 0.4) is 0 Å². The van der Waals surface area contributed by atoms with Gasteiger partial charge in [0.25, 0.3) is 0 Å². The minimum Gasteiger partial charge on any atom is -0.369 e. The molecule has 13 heteroatoms. The second-order valence-electron chi connectivity index (χ2n) is 11.0. The summed E-state index contributed by atoms with van der Waals surface area (Å²) in [5.74, 6) is -5.51. The summed E-state index contributed by atoms with van der Waals surface area (Å²) < 4.78 is 81.4. The van der Waals surface area contributed by atoms with Crippen molar-refractivity contribution in [2.75, 3.05) is 0 Å². The van der Waals surface area contributed by atoms with Crippen molar-refractivity contribution in [1.29, 1.82) is 0 Å². The summed E-state index contributed by atoms with van der Waals surface area (Å²) >= 11 is 0. The number of nitrogens with one attached hydrogen (secondary N) is 1. The molecule has 2 aromatic heterocycles. The molecule has 0 aromatic carbocycles. The third kappa shape index (κ3) is 5.33. The third-order valence-corrected chi connectivity index (χ3v) is 8.25. The van der Waals surface area contributed by atoms with Crippen molar-refractivity contribution in [2.24, 2.45) is 23.0 Å². The Balaban J connectivity index is 1.42. The Morgan fingerprint density at radius 1 is 1.16 bits per heavy atom. The van der Waals surface area contributed by atoms with Gasteiger partial charge in [-0.25, -0.2) is 22.7 Å². The largest absolute Gasteiger partial charge is 0.389 e. The van der Waals surface area contributed by atoms with Crippen LogP contribution < -0.4 is 11.1 Å². The molecule has 0 aliphatic heterocycles. The molecule has 2 amide bonds. The van der Waals surface area contributed by atoms with E-state index in [4.69, 9.17) is 5.73 Å². The number of carbonyl (C=O) groups is 2. The average Bonchev–Trinajstić information content (AvgIpc) is 3.74. The van der Waals surface area contributed by atoms with Crippen LogP contribution in [-0.2, 0) is 9.59 Å². The summed E-state index contributed by atoms with van der Waals surface area (Å²) in [4.78, 5) is 29.2. The van der Waals surface area contributed by atoms with E-state index in [-0.39, 0.29) is 38.0 Å². The van der Waals surface area contributed by atoms with E-state index in [1.165, 1.54) is 10.7 Å². The van der Waals surface area contributed by atoms with Crippen molar-refractivity contribution >= 4 is 17.5 Å². The molecule has 5 rings (SSSR count). The van der Waals surface area contributed by atoms with Crippen LogP contribution in [0, 0.1) is 17.3 Å². The molecule has 3 aliphatic rings. The number of amides is 2. The van der Waals surface area contributed by atoms with E-state index in [1.54, 1.807) is 12.3 Å². The predicted octanol–water partition coefficient (Wildman–Crippen LogP) is 4.76. The quantitative estimate of drug-likeness (QED) is 0.444. The number of hydrogen-bond donors (Lipinski definition) is 2. The molecule has 2 unspecified atom stereocenters. The Morgan fingerprint density at radius 3 is 2.37 bits per heavy atom. The monoisotopic (exact) mass is 545 g/mol. The summed E-state index contributed by atoms with van der Waals surface area (Å²) in [7, 11) is 0. The number of nitrogens with zero attached hydrogens (tertiary/aromatic N) is 3. The number of nitrogens with two attached hydrogens (primary N) is 1. The van der Waals surface area contributed by atoms with E-state index in [0.29, 0.717) is 16.9 Å². The summed E-state index contributed by atoms with van der Waals surface area (Å²) in [6.07, 6.45) is -3.86. The van der Waals surface area contributed by atoms with Gasteiger partial charge in [-0.15, -0.1) is 0 Å². The number of alkyl halides is 6. The minimum absolute atomic E-state index is 0.0528. The summed E-state index contributed by atoms with van der Waals surface area (Å²) in [6.45, 7) is 0. The number of rotatable bonds is 9. The Bertz CT molecular complexity index is 1220.